The molecule has 152 valence electrons. The molecule has 0 heterocycles. The number of nitrogens with one attached hydrogen (secondary N) is 2. The van der Waals surface area contributed by atoms with Gasteiger partial charge in [0.2, 0.25) is 0 Å². The quantitative estimate of drug-likeness (QED) is 0.284. The van der Waals surface area contributed by atoms with Gasteiger partial charge in [-0.05, 0) is 42.3 Å². The van der Waals surface area contributed by atoms with E-state index in [4.69, 9.17) is 33.7 Å². The first kappa shape index (κ1) is 24.3. The highest BCUT2D eigenvalue weighted by Gasteiger charge is 2.12. The van der Waals surface area contributed by atoms with Crippen molar-refractivity contribution >= 4 is 59.0 Å². The van der Waals surface area contributed by atoms with Crippen LogP contribution in [0.1, 0.15) is 24.1 Å². The second-order valence-corrected chi connectivity index (χ2v) is 6.70. The molecular weight excluding hydrogens is 514 g/mol. The number of hydrogen-bond donors (Lipinski definition) is 3. The molecule has 4 N–H and O–H groups in total. The smallest absolute Gasteiger partial charge is 0.255 e. The molecule has 0 saturated carbocycles. The van der Waals surface area contributed by atoms with Gasteiger partial charge in [-0.2, -0.15) is 0 Å². The Kier molecular flexibility index (Phi) is 10.4. The van der Waals surface area contributed by atoms with Gasteiger partial charge in [-0.15, -0.1) is 24.0 Å². The van der Waals surface area contributed by atoms with E-state index in [2.05, 4.69) is 15.6 Å². The average Bonchev–Trinajstić information content (AvgIpc) is 2.63. The summed E-state index contributed by atoms with van der Waals surface area (Å²) in [5.74, 6) is 0.687. The minimum atomic E-state index is -0.516. The monoisotopic (exact) mass is 536 g/mol. The number of nitrogens with two attached hydrogens (primary N) is 1. The predicted molar refractivity (Wildman–Crippen MR) is 125 cm³/mol. The van der Waals surface area contributed by atoms with E-state index in [-0.39, 0.29) is 36.6 Å². The highest BCUT2D eigenvalue weighted by Crippen LogP contribution is 2.26. The van der Waals surface area contributed by atoms with E-state index in [1.165, 1.54) is 0 Å². The Balaban J connectivity index is 0.00000392. The number of aliphatic imine (C=N–C) groups is 1. The van der Waals surface area contributed by atoms with Gasteiger partial charge in [-0.25, -0.2) is 0 Å². The first-order valence-corrected chi connectivity index (χ1v) is 9.07. The van der Waals surface area contributed by atoms with Crippen LogP contribution in [-0.2, 0) is 11.3 Å². The van der Waals surface area contributed by atoms with E-state index in [0.29, 0.717) is 28.3 Å². The minimum Gasteiger partial charge on any atom is -0.484 e. The summed E-state index contributed by atoms with van der Waals surface area (Å²) in [7, 11) is 1.69. The number of nitrogens with zero attached hydrogens (tertiary/aromatic N) is 1. The molecule has 0 aromatic heterocycles. The summed E-state index contributed by atoms with van der Waals surface area (Å²) in [4.78, 5) is 15.0. The summed E-state index contributed by atoms with van der Waals surface area (Å²) < 4.78 is 5.31. The summed E-state index contributed by atoms with van der Waals surface area (Å²) in [5.41, 5.74) is 6.98. The molecule has 0 aliphatic rings. The van der Waals surface area contributed by atoms with E-state index in [1.54, 1.807) is 25.2 Å². The summed E-state index contributed by atoms with van der Waals surface area (Å²) >= 11 is 12.2. The van der Waals surface area contributed by atoms with Gasteiger partial charge in [0.25, 0.3) is 5.91 Å². The SMILES string of the molecule is CN=C(NCc1cccc(OCC(N)=O)c1)NC(C)c1ccc(Cl)cc1Cl.I. The van der Waals surface area contributed by atoms with Crippen molar-refractivity contribution in [2.75, 3.05) is 13.7 Å². The maximum Gasteiger partial charge on any atom is 0.255 e. The number of hydrogen-bond acceptors (Lipinski definition) is 3. The standard InChI is InChI=1S/C19H22Cl2N4O2.HI/c1-12(16-7-6-14(20)9-17(16)21)25-19(23-2)24-10-13-4-3-5-15(8-13)27-11-18(22)26;/h3-9,12H,10-11H2,1-2H3,(H2,22,26)(H2,23,24,25);1H. The van der Waals surface area contributed by atoms with Gasteiger partial charge >= 0.3 is 0 Å². The Bertz CT molecular complexity index is 833. The number of carbonyl (C=O) groups is 1. The van der Waals surface area contributed by atoms with Crippen LogP contribution < -0.4 is 21.1 Å². The van der Waals surface area contributed by atoms with Crippen LogP contribution in [0.5, 0.6) is 5.75 Å². The van der Waals surface area contributed by atoms with Crippen molar-refractivity contribution in [1.82, 2.24) is 10.6 Å². The molecule has 0 spiro atoms. The summed E-state index contributed by atoms with van der Waals surface area (Å²) in [6.45, 7) is 2.36. The van der Waals surface area contributed by atoms with E-state index >= 15 is 0 Å². The van der Waals surface area contributed by atoms with Crippen LogP contribution in [0.2, 0.25) is 10.0 Å². The molecule has 6 nitrogen and oxygen atoms in total. The van der Waals surface area contributed by atoms with Gasteiger partial charge in [0.1, 0.15) is 5.75 Å². The lowest BCUT2D eigenvalue weighted by Gasteiger charge is -2.19. The lowest BCUT2D eigenvalue weighted by Crippen LogP contribution is -2.38. The van der Waals surface area contributed by atoms with Crippen LogP contribution in [0, 0.1) is 0 Å². The van der Waals surface area contributed by atoms with Crippen molar-refractivity contribution < 1.29 is 9.53 Å². The summed E-state index contributed by atoms with van der Waals surface area (Å²) in [6.07, 6.45) is 0. The molecule has 2 aromatic rings. The van der Waals surface area contributed by atoms with Crippen LogP contribution in [0.25, 0.3) is 0 Å². The van der Waals surface area contributed by atoms with E-state index in [9.17, 15) is 4.79 Å². The molecule has 0 saturated heterocycles. The molecule has 0 aliphatic heterocycles. The van der Waals surface area contributed by atoms with E-state index in [1.807, 2.05) is 31.2 Å². The van der Waals surface area contributed by atoms with Crippen LogP contribution in [0.4, 0.5) is 0 Å². The van der Waals surface area contributed by atoms with Gasteiger partial charge in [0, 0.05) is 23.6 Å². The number of amides is 1. The van der Waals surface area contributed by atoms with Crippen LogP contribution in [-0.4, -0.2) is 25.5 Å². The molecule has 28 heavy (non-hydrogen) atoms. The molecule has 9 heteroatoms. The maximum atomic E-state index is 10.8. The van der Waals surface area contributed by atoms with Crippen molar-refractivity contribution in [3.63, 3.8) is 0 Å². The third-order valence-corrected chi connectivity index (χ3v) is 4.31. The zero-order valence-corrected chi connectivity index (χ0v) is 19.4. The lowest BCUT2D eigenvalue weighted by molar-refractivity contribution is -0.119. The van der Waals surface area contributed by atoms with Gasteiger partial charge in [0.15, 0.2) is 12.6 Å². The first-order valence-electron chi connectivity index (χ1n) is 8.31. The molecule has 0 aliphatic carbocycles. The zero-order chi connectivity index (χ0) is 19.8. The molecule has 0 radical (unpaired) electrons. The molecule has 0 bridgehead atoms. The second-order valence-electron chi connectivity index (χ2n) is 5.86. The molecule has 2 aromatic carbocycles. The molecule has 2 rings (SSSR count). The normalized spacial score (nSPS) is 11.9. The lowest BCUT2D eigenvalue weighted by atomic mass is 10.1. The van der Waals surface area contributed by atoms with Crippen molar-refractivity contribution in [3.05, 3.63) is 63.6 Å². The van der Waals surface area contributed by atoms with Crippen LogP contribution >= 0.6 is 47.2 Å². The topological polar surface area (TPSA) is 88.7 Å². The number of benzene rings is 2. The zero-order valence-electron chi connectivity index (χ0n) is 15.5. The van der Waals surface area contributed by atoms with Gasteiger partial charge in [-0.1, -0.05) is 41.4 Å². The highest BCUT2D eigenvalue weighted by molar-refractivity contribution is 14.0. The van der Waals surface area contributed by atoms with Crippen molar-refractivity contribution in [3.8, 4) is 5.75 Å². The number of ether oxygens (including phenoxy) is 1. The first-order chi connectivity index (χ1) is 12.9. The molecular formula is C19H23Cl2IN4O2. The molecule has 1 atom stereocenters. The average molecular weight is 537 g/mol. The number of primary amides is 1. The fraction of sp³-hybridized carbons (Fsp3) is 0.263. The fourth-order valence-electron chi connectivity index (χ4n) is 2.42. The third kappa shape index (κ3) is 7.73. The number of guanidine groups is 1. The number of halogens is 3. The van der Waals surface area contributed by atoms with Gasteiger partial charge in [0.05, 0.1) is 6.04 Å². The molecule has 1 unspecified atom stereocenters. The second kappa shape index (κ2) is 12.0. The van der Waals surface area contributed by atoms with E-state index < -0.39 is 5.91 Å². The van der Waals surface area contributed by atoms with Crippen molar-refractivity contribution in [2.45, 2.75) is 19.5 Å². The van der Waals surface area contributed by atoms with Gasteiger partial charge in [-0.3, -0.25) is 9.79 Å². The van der Waals surface area contributed by atoms with Crippen molar-refractivity contribution in [1.29, 1.82) is 0 Å². The largest absolute Gasteiger partial charge is 0.484 e. The predicted octanol–water partition coefficient (Wildman–Crippen LogP) is 3.90. The molecule has 1 amide bonds. The Labute approximate surface area is 191 Å². The Hall–Kier alpha value is -1.71. The fourth-order valence-corrected chi connectivity index (χ4v) is 2.99. The summed E-state index contributed by atoms with van der Waals surface area (Å²) in [6, 6.07) is 12.7. The van der Waals surface area contributed by atoms with E-state index in [0.717, 1.165) is 11.1 Å². The Morgan fingerprint density at radius 1 is 1.25 bits per heavy atom. The third-order valence-electron chi connectivity index (χ3n) is 3.75. The maximum absolute atomic E-state index is 10.8. The number of rotatable bonds is 7. The van der Waals surface area contributed by atoms with Crippen LogP contribution in [0.15, 0.2) is 47.5 Å². The van der Waals surface area contributed by atoms with Crippen molar-refractivity contribution in [2.24, 2.45) is 10.7 Å². The highest BCUT2D eigenvalue weighted by atomic mass is 127. The summed E-state index contributed by atoms with van der Waals surface area (Å²) in [5, 5.41) is 7.71. The Morgan fingerprint density at radius 2 is 2.00 bits per heavy atom. The van der Waals surface area contributed by atoms with Crippen LogP contribution in [0.3, 0.4) is 0 Å². The number of carbonyl (C=O) groups excluding carboxylic acids is 1. The minimum absolute atomic E-state index is 0. The van der Waals surface area contributed by atoms with Gasteiger partial charge < -0.3 is 21.1 Å². The Morgan fingerprint density at radius 3 is 2.64 bits per heavy atom. The molecule has 0 fully saturated rings.